The normalized spacial score (nSPS) is 17.2. The molecule has 1 fully saturated rings. The number of ether oxygens (including phenoxy) is 1. The lowest BCUT2D eigenvalue weighted by Gasteiger charge is -2.33. The van der Waals surface area contributed by atoms with E-state index < -0.39 is 12.1 Å². The molecule has 0 bridgehead atoms. The predicted octanol–water partition coefficient (Wildman–Crippen LogP) is 5.04. The first kappa shape index (κ1) is 22.1. The molecule has 2 atom stereocenters. The Kier molecular flexibility index (Phi) is 6.61. The summed E-state index contributed by atoms with van der Waals surface area (Å²) >= 11 is 6.39. The third-order valence-corrected chi connectivity index (χ3v) is 6.16. The minimum Gasteiger partial charge on any atom is -0.481 e. The van der Waals surface area contributed by atoms with Gasteiger partial charge < -0.3 is 14.7 Å². The Morgan fingerprint density at radius 3 is 2.81 bits per heavy atom. The second-order valence-corrected chi connectivity index (χ2v) is 8.57. The summed E-state index contributed by atoms with van der Waals surface area (Å²) in [6, 6.07) is 15.2. The highest BCUT2D eigenvalue weighted by Crippen LogP contribution is 2.34. The van der Waals surface area contributed by atoms with Crippen molar-refractivity contribution < 1.29 is 19.4 Å². The number of fused-ring (bicyclic) bond motifs is 1. The molecule has 0 radical (unpaired) electrons. The maximum absolute atomic E-state index is 12.9. The molecule has 3 aromatic rings. The molecular weight excluding hydrogens is 428 g/mol. The van der Waals surface area contributed by atoms with E-state index in [4.69, 9.17) is 21.4 Å². The predicted molar refractivity (Wildman–Crippen MR) is 124 cm³/mol. The molecule has 1 amide bonds. The topological polar surface area (TPSA) is 79.7 Å². The number of hydrogen-bond acceptors (Lipinski definition) is 4. The molecule has 1 aliphatic heterocycles. The van der Waals surface area contributed by atoms with E-state index in [0.717, 1.165) is 34.9 Å². The van der Waals surface area contributed by atoms with Crippen molar-refractivity contribution in [3.8, 4) is 16.9 Å². The van der Waals surface area contributed by atoms with Gasteiger partial charge in [0.2, 0.25) is 0 Å². The second-order valence-electron chi connectivity index (χ2n) is 8.17. The summed E-state index contributed by atoms with van der Waals surface area (Å²) in [5.74, 6) is -0.405. The third-order valence-electron chi connectivity index (χ3n) is 5.83. The average molecular weight is 453 g/mol. The fraction of sp³-hybridized carbons (Fsp3) is 0.320. The van der Waals surface area contributed by atoms with E-state index in [1.54, 1.807) is 18.0 Å². The number of carboxylic acids is 1. The Morgan fingerprint density at radius 2 is 2.03 bits per heavy atom. The van der Waals surface area contributed by atoms with Gasteiger partial charge in [-0.05, 0) is 55.5 Å². The smallest absolute Gasteiger partial charge is 0.303 e. The molecule has 0 saturated carbocycles. The van der Waals surface area contributed by atoms with E-state index in [9.17, 15) is 9.59 Å². The van der Waals surface area contributed by atoms with Gasteiger partial charge in [0.25, 0.3) is 5.91 Å². The minimum atomic E-state index is -0.826. The number of benzene rings is 2. The van der Waals surface area contributed by atoms with Crippen LogP contribution in [0.2, 0.25) is 5.02 Å². The van der Waals surface area contributed by atoms with Gasteiger partial charge in [0, 0.05) is 47.7 Å². The fourth-order valence-corrected chi connectivity index (χ4v) is 4.54. The molecule has 1 N–H and O–H groups in total. The van der Waals surface area contributed by atoms with Crippen molar-refractivity contribution in [3.05, 3.63) is 59.8 Å². The molecule has 1 saturated heterocycles. The zero-order chi connectivity index (χ0) is 22.7. The van der Waals surface area contributed by atoms with E-state index in [0.29, 0.717) is 23.9 Å². The van der Waals surface area contributed by atoms with Gasteiger partial charge in [-0.15, -0.1) is 0 Å². The van der Waals surface area contributed by atoms with Crippen LogP contribution in [0, 0.1) is 5.92 Å². The van der Waals surface area contributed by atoms with Crippen LogP contribution in [0.3, 0.4) is 0 Å². The molecule has 1 aliphatic rings. The van der Waals surface area contributed by atoms with Crippen molar-refractivity contribution in [2.24, 2.45) is 5.92 Å². The first-order chi connectivity index (χ1) is 15.4. The average Bonchev–Trinajstić information content (AvgIpc) is 2.78. The quantitative estimate of drug-likeness (QED) is 0.567. The first-order valence-electron chi connectivity index (χ1n) is 10.7. The fourth-order valence-electron chi connectivity index (χ4n) is 4.31. The van der Waals surface area contributed by atoms with Crippen LogP contribution in [0.4, 0.5) is 0 Å². The van der Waals surface area contributed by atoms with E-state index in [2.05, 4.69) is 4.98 Å². The Balaban J connectivity index is 1.50. The van der Waals surface area contributed by atoms with Gasteiger partial charge >= 0.3 is 5.97 Å². The molecule has 0 aliphatic carbocycles. The molecule has 32 heavy (non-hydrogen) atoms. The van der Waals surface area contributed by atoms with Crippen LogP contribution in [-0.4, -0.2) is 46.1 Å². The lowest BCUT2D eigenvalue weighted by molar-refractivity contribution is -0.143. The monoisotopic (exact) mass is 452 g/mol. The number of halogens is 1. The number of hydrogen-bond donors (Lipinski definition) is 1. The van der Waals surface area contributed by atoms with Crippen molar-refractivity contribution in [1.29, 1.82) is 0 Å². The molecule has 7 heteroatoms. The number of carboxylic acid groups (broad SMARTS) is 1. The van der Waals surface area contributed by atoms with Gasteiger partial charge in [0.1, 0.15) is 5.75 Å². The standard InChI is InChI=1S/C25H25ClN2O4/c1-16(25(31)28-12-4-5-17(15-28)13-24(29)30)32-18-8-9-21-19(10-11-27-23(21)14-18)20-6-2-3-7-22(20)26/h2-3,6-11,14,16-17H,4-5,12-13,15H2,1H3,(H,29,30)/t16-,17-/m1/s1. The highest BCUT2D eigenvalue weighted by molar-refractivity contribution is 6.33. The van der Waals surface area contributed by atoms with Crippen molar-refractivity contribution in [2.75, 3.05) is 13.1 Å². The van der Waals surface area contributed by atoms with Crippen molar-refractivity contribution in [1.82, 2.24) is 9.88 Å². The number of carbonyl (C=O) groups excluding carboxylic acids is 1. The number of carbonyl (C=O) groups is 2. The maximum atomic E-state index is 12.9. The highest BCUT2D eigenvalue weighted by atomic mass is 35.5. The third kappa shape index (κ3) is 4.86. The van der Waals surface area contributed by atoms with Crippen LogP contribution >= 0.6 is 11.6 Å². The number of amides is 1. The van der Waals surface area contributed by atoms with Crippen LogP contribution in [-0.2, 0) is 9.59 Å². The van der Waals surface area contributed by atoms with E-state index in [-0.39, 0.29) is 18.2 Å². The van der Waals surface area contributed by atoms with Gasteiger partial charge in [-0.3, -0.25) is 14.6 Å². The SMILES string of the molecule is C[C@@H](Oc1ccc2c(-c3ccccc3Cl)ccnc2c1)C(=O)N1CCC[C@H](CC(=O)O)C1. The van der Waals surface area contributed by atoms with E-state index in [1.165, 1.54) is 0 Å². The number of aromatic nitrogens is 1. The summed E-state index contributed by atoms with van der Waals surface area (Å²) in [6.07, 6.45) is 2.78. The van der Waals surface area contributed by atoms with Crippen LogP contribution in [0.5, 0.6) is 5.75 Å². The van der Waals surface area contributed by atoms with Crippen molar-refractivity contribution in [2.45, 2.75) is 32.3 Å². The maximum Gasteiger partial charge on any atom is 0.303 e. The molecule has 0 unspecified atom stereocenters. The Bertz CT molecular complexity index is 1150. The van der Waals surface area contributed by atoms with Gasteiger partial charge in [0.05, 0.1) is 5.52 Å². The highest BCUT2D eigenvalue weighted by Gasteiger charge is 2.29. The van der Waals surface area contributed by atoms with E-state index in [1.807, 2.05) is 48.5 Å². The summed E-state index contributed by atoms with van der Waals surface area (Å²) in [5, 5.41) is 10.7. The largest absolute Gasteiger partial charge is 0.481 e. The lowest BCUT2D eigenvalue weighted by Crippen LogP contribution is -2.46. The number of piperidine rings is 1. The Hall–Kier alpha value is -3.12. The Morgan fingerprint density at radius 1 is 1.22 bits per heavy atom. The van der Waals surface area contributed by atoms with Crippen LogP contribution < -0.4 is 4.74 Å². The van der Waals surface area contributed by atoms with Gasteiger partial charge in [-0.25, -0.2) is 0 Å². The lowest BCUT2D eigenvalue weighted by atomic mass is 9.94. The summed E-state index contributed by atoms with van der Waals surface area (Å²) in [4.78, 5) is 30.1. The number of pyridine rings is 1. The summed E-state index contributed by atoms with van der Waals surface area (Å²) in [7, 11) is 0. The zero-order valence-corrected chi connectivity index (χ0v) is 18.6. The Labute approximate surface area is 191 Å². The first-order valence-corrected chi connectivity index (χ1v) is 11.1. The van der Waals surface area contributed by atoms with Crippen LogP contribution in [0.25, 0.3) is 22.0 Å². The summed E-state index contributed by atoms with van der Waals surface area (Å²) in [5.41, 5.74) is 2.66. The summed E-state index contributed by atoms with van der Waals surface area (Å²) in [6.45, 7) is 2.81. The van der Waals surface area contributed by atoms with Gasteiger partial charge in [-0.2, -0.15) is 0 Å². The molecule has 4 rings (SSSR count). The van der Waals surface area contributed by atoms with Crippen molar-refractivity contribution in [3.63, 3.8) is 0 Å². The molecule has 2 heterocycles. The van der Waals surface area contributed by atoms with E-state index >= 15 is 0 Å². The summed E-state index contributed by atoms with van der Waals surface area (Å²) < 4.78 is 5.95. The molecule has 166 valence electrons. The molecule has 0 spiro atoms. The molecule has 1 aromatic heterocycles. The molecule has 2 aromatic carbocycles. The van der Waals surface area contributed by atoms with Crippen molar-refractivity contribution >= 4 is 34.4 Å². The minimum absolute atomic E-state index is 0.00880. The second kappa shape index (κ2) is 9.57. The van der Waals surface area contributed by atoms with Crippen LogP contribution in [0.1, 0.15) is 26.2 Å². The number of rotatable bonds is 6. The van der Waals surface area contributed by atoms with Gasteiger partial charge in [-0.1, -0.05) is 29.8 Å². The van der Waals surface area contributed by atoms with Crippen LogP contribution in [0.15, 0.2) is 54.7 Å². The zero-order valence-electron chi connectivity index (χ0n) is 17.8. The number of nitrogens with zero attached hydrogens (tertiary/aromatic N) is 2. The number of aliphatic carboxylic acids is 1. The molecular formula is C25H25ClN2O4. The number of likely N-dealkylation sites (tertiary alicyclic amines) is 1. The molecule has 6 nitrogen and oxygen atoms in total. The van der Waals surface area contributed by atoms with Gasteiger partial charge in [0.15, 0.2) is 6.10 Å².